The molecule has 0 atom stereocenters. The number of benzene rings is 1. The first-order valence-corrected chi connectivity index (χ1v) is 7.00. The Morgan fingerprint density at radius 3 is 2.48 bits per heavy atom. The van der Waals surface area contributed by atoms with E-state index < -0.39 is 41.3 Å². The fraction of sp³-hybridized carbons (Fsp3) is 0.133. The molecule has 1 aromatic carbocycles. The van der Waals surface area contributed by atoms with Crippen molar-refractivity contribution >= 4 is 11.7 Å². The van der Waals surface area contributed by atoms with Gasteiger partial charge in [0.2, 0.25) is 0 Å². The van der Waals surface area contributed by atoms with E-state index in [0.29, 0.717) is 5.56 Å². The first-order valence-electron chi connectivity index (χ1n) is 7.00. The largest absolute Gasteiger partial charge is 0.305 e. The van der Waals surface area contributed by atoms with Crippen LogP contribution < -0.4 is 5.32 Å². The molecule has 0 radical (unpaired) electrons. The van der Waals surface area contributed by atoms with Crippen molar-refractivity contribution in [3.05, 3.63) is 65.1 Å². The normalized spacial score (nSPS) is 10.9. The van der Waals surface area contributed by atoms with E-state index in [1.165, 1.54) is 29.3 Å². The molecule has 0 saturated carbocycles. The van der Waals surface area contributed by atoms with Crippen molar-refractivity contribution < 1.29 is 22.4 Å². The fourth-order valence-electron chi connectivity index (χ4n) is 2.17. The van der Waals surface area contributed by atoms with E-state index in [4.69, 9.17) is 0 Å². The molecule has 0 aliphatic carbocycles. The standard InChI is InChI=1S/C15H11F4N5O/c1-23-6-8(5-20-23)15(25)21-12-2-3-24(22-12)7-9-13(18)10(16)4-11(17)14(9)19/h2-6H,7H2,1H3,(H,21,22,25). The maximum absolute atomic E-state index is 13.7. The highest BCUT2D eigenvalue weighted by molar-refractivity contribution is 6.03. The topological polar surface area (TPSA) is 64.7 Å². The molecule has 0 aliphatic heterocycles. The highest BCUT2D eigenvalue weighted by Crippen LogP contribution is 2.20. The van der Waals surface area contributed by atoms with Crippen LogP contribution in [-0.2, 0) is 13.6 Å². The molecule has 2 heterocycles. The number of aromatic nitrogens is 4. The van der Waals surface area contributed by atoms with Gasteiger partial charge in [-0.15, -0.1) is 0 Å². The average Bonchev–Trinajstić information content (AvgIpc) is 3.18. The van der Waals surface area contributed by atoms with E-state index in [0.717, 1.165) is 4.68 Å². The van der Waals surface area contributed by atoms with Gasteiger partial charge < -0.3 is 5.32 Å². The lowest BCUT2D eigenvalue weighted by atomic mass is 10.2. The Hall–Kier alpha value is -3.17. The quantitative estimate of drug-likeness (QED) is 0.579. The van der Waals surface area contributed by atoms with Crippen LogP contribution in [0.5, 0.6) is 0 Å². The Labute approximate surface area is 138 Å². The molecule has 6 nitrogen and oxygen atoms in total. The predicted octanol–water partition coefficient (Wildman–Crippen LogP) is 2.47. The summed E-state index contributed by atoms with van der Waals surface area (Å²) < 4.78 is 56.2. The molecule has 0 spiro atoms. The van der Waals surface area contributed by atoms with Gasteiger partial charge in [0.25, 0.3) is 5.91 Å². The van der Waals surface area contributed by atoms with Crippen molar-refractivity contribution in [3.63, 3.8) is 0 Å². The Morgan fingerprint density at radius 2 is 1.88 bits per heavy atom. The first-order chi connectivity index (χ1) is 11.8. The van der Waals surface area contributed by atoms with Crippen LogP contribution in [0.1, 0.15) is 15.9 Å². The van der Waals surface area contributed by atoms with Crippen LogP contribution in [0, 0.1) is 23.3 Å². The Kier molecular flexibility index (Phi) is 4.26. The molecule has 10 heteroatoms. The van der Waals surface area contributed by atoms with E-state index in [1.54, 1.807) is 7.05 Å². The molecular weight excluding hydrogens is 342 g/mol. The lowest BCUT2D eigenvalue weighted by molar-refractivity contribution is 0.102. The van der Waals surface area contributed by atoms with Crippen LogP contribution in [0.2, 0.25) is 0 Å². The van der Waals surface area contributed by atoms with Crippen molar-refractivity contribution in [2.75, 3.05) is 5.32 Å². The minimum absolute atomic E-state index is 0.103. The van der Waals surface area contributed by atoms with Gasteiger partial charge in [-0.3, -0.25) is 14.2 Å². The Morgan fingerprint density at radius 1 is 1.20 bits per heavy atom. The van der Waals surface area contributed by atoms with Crippen LogP contribution in [0.4, 0.5) is 23.4 Å². The summed E-state index contributed by atoms with van der Waals surface area (Å²) in [6.45, 7) is -0.547. The second-order valence-corrected chi connectivity index (χ2v) is 5.20. The molecule has 3 aromatic rings. The molecule has 0 unspecified atom stereocenters. The highest BCUT2D eigenvalue weighted by atomic mass is 19.2. The molecule has 25 heavy (non-hydrogen) atoms. The Bertz CT molecular complexity index is 923. The molecule has 1 amide bonds. The first kappa shape index (κ1) is 16.7. The number of halogens is 4. The minimum Gasteiger partial charge on any atom is -0.305 e. The van der Waals surface area contributed by atoms with E-state index in [1.807, 2.05) is 0 Å². The number of hydrogen-bond donors (Lipinski definition) is 1. The van der Waals surface area contributed by atoms with Gasteiger partial charge in [-0.2, -0.15) is 10.2 Å². The number of anilines is 1. The number of carbonyl (C=O) groups is 1. The number of rotatable bonds is 4. The van der Waals surface area contributed by atoms with Crippen LogP contribution in [0.3, 0.4) is 0 Å². The summed E-state index contributed by atoms with van der Waals surface area (Å²) in [4.78, 5) is 12.0. The number of nitrogens with one attached hydrogen (secondary N) is 1. The maximum atomic E-state index is 13.7. The van der Waals surface area contributed by atoms with Gasteiger partial charge in [0.1, 0.15) is 0 Å². The van der Waals surface area contributed by atoms with E-state index in [-0.39, 0.29) is 11.9 Å². The van der Waals surface area contributed by atoms with Crippen molar-refractivity contribution in [2.24, 2.45) is 7.05 Å². The van der Waals surface area contributed by atoms with Gasteiger partial charge in [-0.1, -0.05) is 0 Å². The second kappa shape index (κ2) is 6.38. The molecule has 130 valence electrons. The van der Waals surface area contributed by atoms with Gasteiger partial charge in [-0.25, -0.2) is 17.6 Å². The summed E-state index contributed by atoms with van der Waals surface area (Å²) >= 11 is 0. The lowest BCUT2D eigenvalue weighted by Gasteiger charge is -2.07. The molecule has 0 fully saturated rings. The average molecular weight is 353 g/mol. The Balaban J connectivity index is 1.78. The van der Waals surface area contributed by atoms with Gasteiger partial charge >= 0.3 is 0 Å². The third kappa shape index (κ3) is 3.37. The zero-order valence-corrected chi connectivity index (χ0v) is 12.8. The van der Waals surface area contributed by atoms with Gasteiger partial charge in [0.05, 0.1) is 23.9 Å². The van der Waals surface area contributed by atoms with Crippen molar-refractivity contribution in [1.82, 2.24) is 19.6 Å². The van der Waals surface area contributed by atoms with Gasteiger partial charge in [0, 0.05) is 31.6 Å². The molecule has 0 aliphatic rings. The van der Waals surface area contributed by atoms with Crippen molar-refractivity contribution in [1.29, 1.82) is 0 Å². The van der Waals surface area contributed by atoms with Crippen LogP contribution >= 0.6 is 0 Å². The lowest BCUT2D eigenvalue weighted by Crippen LogP contribution is -2.13. The summed E-state index contributed by atoms with van der Waals surface area (Å²) in [5.74, 6) is -6.35. The van der Waals surface area contributed by atoms with Crippen LogP contribution in [0.25, 0.3) is 0 Å². The summed E-state index contributed by atoms with van der Waals surface area (Å²) in [5, 5.41) is 10.2. The number of hydrogen-bond acceptors (Lipinski definition) is 3. The molecule has 0 saturated heterocycles. The molecule has 2 aromatic heterocycles. The fourth-order valence-corrected chi connectivity index (χ4v) is 2.17. The van der Waals surface area contributed by atoms with Gasteiger partial charge in [-0.05, 0) is 0 Å². The predicted molar refractivity (Wildman–Crippen MR) is 78.8 cm³/mol. The summed E-state index contributed by atoms with van der Waals surface area (Å²) in [6.07, 6.45) is 4.15. The monoisotopic (exact) mass is 353 g/mol. The number of amides is 1. The maximum Gasteiger partial charge on any atom is 0.260 e. The molecular formula is C15H11F4N5O. The van der Waals surface area contributed by atoms with Crippen molar-refractivity contribution in [3.8, 4) is 0 Å². The molecule has 1 N–H and O–H groups in total. The smallest absolute Gasteiger partial charge is 0.260 e. The summed E-state index contributed by atoms with van der Waals surface area (Å²) in [5.41, 5.74) is -0.507. The van der Waals surface area contributed by atoms with Crippen LogP contribution in [-0.4, -0.2) is 25.5 Å². The van der Waals surface area contributed by atoms with Gasteiger partial charge in [0.15, 0.2) is 29.1 Å². The molecule has 3 rings (SSSR count). The zero-order chi connectivity index (χ0) is 18.1. The SMILES string of the molecule is Cn1cc(C(=O)Nc2ccn(Cc3c(F)c(F)cc(F)c3F)n2)cn1. The molecule has 0 bridgehead atoms. The van der Waals surface area contributed by atoms with E-state index >= 15 is 0 Å². The number of nitrogens with zero attached hydrogens (tertiary/aromatic N) is 4. The minimum atomic E-state index is -1.49. The van der Waals surface area contributed by atoms with E-state index in [9.17, 15) is 22.4 Å². The number of aryl methyl sites for hydroxylation is 1. The van der Waals surface area contributed by atoms with E-state index in [2.05, 4.69) is 15.5 Å². The second-order valence-electron chi connectivity index (χ2n) is 5.20. The number of carbonyl (C=O) groups excluding carboxylic acids is 1. The summed E-state index contributed by atoms with van der Waals surface area (Å²) in [6, 6.07) is 1.51. The third-order valence-electron chi connectivity index (χ3n) is 3.37. The summed E-state index contributed by atoms with van der Waals surface area (Å²) in [7, 11) is 1.65. The van der Waals surface area contributed by atoms with Crippen LogP contribution in [0.15, 0.2) is 30.7 Å². The van der Waals surface area contributed by atoms with Crippen molar-refractivity contribution in [2.45, 2.75) is 6.54 Å². The third-order valence-corrected chi connectivity index (χ3v) is 3.37. The zero-order valence-electron chi connectivity index (χ0n) is 12.8. The highest BCUT2D eigenvalue weighted by Gasteiger charge is 2.20.